The molecule has 0 aliphatic rings. The average Bonchev–Trinajstić information content (AvgIpc) is 2.98. The summed E-state index contributed by atoms with van der Waals surface area (Å²) < 4.78 is 10.3. The van der Waals surface area contributed by atoms with Gasteiger partial charge in [-0.05, 0) is 55.1 Å². The molecule has 0 aliphatic carbocycles. The lowest BCUT2D eigenvalue weighted by atomic mass is 10.0. The van der Waals surface area contributed by atoms with Crippen LogP contribution < -0.4 is 10.1 Å². The molecule has 1 unspecified atom stereocenters. The third-order valence-corrected chi connectivity index (χ3v) is 3.50. The van der Waals surface area contributed by atoms with Gasteiger partial charge in [0.15, 0.2) is 0 Å². The summed E-state index contributed by atoms with van der Waals surface area (Å²) >= 11 is 0. The first-order valence-corrected chi connectivity index (χ1v) is 7.19. The summed E-state index contributed by atoms with van der Waals surface area (Å²) in [5.41, 5.74) is 2.60. The number of aryl methyl sites for hydroxylation is 1. The van der Waals surface area contributed by atoms with Crippen molar-refractivity contribution in [1.29, 1.82) is 0 Å². The van der Waals surface area contributed by atoms with Crippen LogP contribution in [0.15, 0.2) is 47.3 Å². The van der Waals surface area contributed by atoms with Crippen LogP contribution in [0.1, 0.15) is 24.5 Å². The molecule has 1 heterocycles. The van der Waals surface area contributed by atoms with Crippen LogP contribution in [-0.2, 0) is 12.8 Å². The molecule has 1 atom stereocenters. The van der Waals surface area contributed by atoms with Crippen LogP contribution in [0.3, 0.4) is 0 Å². The lowest BCUT2D eigenvalue weighted by Crippen LogP contribution is -2.31. The third kappa shape index (κ3) is 4.42. The highest BCUT2D eigenvalue weighted by atomic mass is 16.5. The van der Waals surface area contributed by atoms with E-state index in [1.54, 1.807) is 13.4 Å². The molecule has 3 nitrogen and oxygen atoms in total. The fourth-order valence-corrected chi connectivity index (χ4v) is 2.39. The van der Waals surface area contributed by atoms with Crippen molar-refractivity contribution in [2.45, 2.75) is 32.2 Å². The fourth-order valence-electron chi connectivity index (χ4n) is 2.39. The Balaban J connectivity index is 1.87. The largest absolute Gasteiger partial charge is 0.497 e. The molecular weight excluding hydrogens is 250 g/mol. The van der Waals surface area contributed by atoms with Gasteiger partial charge in [0.1, 0.15) is 5.75 Å². The van der Waals surface area contributed by atoms with E-state index in [4.69, 9.17) is 9.15 Å². The predicted molar refractivity (Wildman–Crippen MR) is 81.2 cm³/mol. The molecule has 0 saturated carbocycles. The maximum Gasteiger partial charge on any atom is 0.118 e. The molecule has 108 valence electrons. The summed E-state index contributed by atoms with van der Waals surface area (Å²) in [6.45, 7) is 3.14. The van der Waals surface area contributed by atoms with Crippen LogP contribution in [0, 0.1) is 0 Å². The Bertz CT molecular complexity index is 476. The van der Waals surface area contributed by atoms with Crippen molar-refractivity contribution in [3.05, 3.63) is 54.0 Å². The van der Waals surface area contributed by atoms with Gasteiger partial charge in [0.25, 0.3) is 0 Å². The highest BCUT2D eigenvalue weighted by molar-refractivity contribution is 5.27. The molecule has 3 heteroatoms. The van der Waals surface area contributed by atoms with Gasteiger partial charge in [-0.15, -0.1) is 0 Å². The maximum atomic E-state index is 5.18. The SMILES string of the molecule is CCNC(CCc1ccc(OC)cc1)Cc1ccoc1. The molecule has 2 aromatic rings. The van der Waals surface area contributed by atoms with Crippen molar-refractivity contribution < 1.29 is 9.15 Å². The summed E-state index contributed by atoms with van der Waals surface area (Å²) in [6, 6.07) is 10.8. The monoisotopic (exact) mass is 273 g/mol. The molecule has 0 radical (unpaired) electrons. The smallest absolute Gasteiger partial charge is 0.118 e. The lowest BCUT2D eigenvalue weighted by molar-refractivity contribution is 0.414. The molecule has 0 fully saturated rings. The normalized spacial score (nSPS) is 12.3. The molecule has 20 heavy (non-hydrogen) atoms. The number of hydrogen-bond donors (Lipinski definition) is 1. The van der Waals surface area contributed by atoms with Gasteiger partial charge in [-0.1, -0.05) is 19.1 Å². The second kappa shape index (κ2) is 7.75. The number of benzene rings is 1. The van der Waals surface area contributed by atoms with E-state index in [0.29, 0.717) is 6.04 Å². The van der Waals surface area contributed by atoms with E-state index >= 15 is 0 Å². The quantitative estimate of drug-likeness (QED) is 0.800. The number of likely N-dealkylation sites (N-methyl/N-ethyl adjacent to an activating group) is 1. The number of hydrogen-bond acceptors (Lipinski definition) is 3. The number of ether oxygens (including phenoxy) is 1. The zero-order chi connectivity index (χ0) is 14.2. The Labute approximate surface area is 121 Å². The topological polar surface area (TPSA) is 34.4 Å². The average molecular weight is 273 g/mol. The minimum Gasteiger partial charge on any atom is -0.497 e. The molecule has 0 bridgehead atoms. The third-order valence-electron chi connectivity index (χ3n) is 3.50. The zero-order valence-electron chi connectivity index (χ0n) is 12.3. The van der Waals surface area contributed by atoms with E-state index in [0.717, 1.165) is 31.6 Å². The molecule has 0 aliphatic heterocycles. The number of furan rings is 1. The Morgan fingerprint density at radius 1 is 1.15 bits per heavy atom. The first kappa shape index (κ1) is 14.7. The first-order valence-electron chi connectivity index (χ1n) is 7.19. The molecule has 0 amide bonds. The predicted octanol–water partition coefficient (Wildman–Crippen LogP) is 3.44. The van der Waals surface area contributed by atoms with Gasteiger partial charge in [-0.25, -0.2) is 0 Å². The summed E-state index contributed by atoms with van der Waals surface area (Å²) in [5.74, 6) is 0.912. The van der Waals surface area contributed by atoms with Crippen LogP contribution in [0.5, 0.6) is 5.75 Å². The minimum atomic E-state index is 0.486. The van der Waals surface area contributed by atoms with Crippen LogP contribution in [0.2, 0.25) is 0 Å². The lowest BCUT2D eigenvalue weighted by Gasteiger charge is -2.17. The summed E-state index contributed by atoms with van der Waals surface area (Å²) in [5, 5.41) is 3.55. The summed E-state index contributed by atoms with van der Waals surface area (Å²) in [7, 11) is 1.70. The Kier molecular flexibility index (Phi) is 5.69. The minimum absolute atomic E-state index is 0.486. The van der Waals surface area contributed by atoms with Crippen molar-refractivity contribution >= 4 is 0 Å². The maximum absolute atomic E-state index is 5.18. The van der Waals surface area contributed by atoms with Gasteiger partial charge >= 0.3 is 0 Å². The number of methoxy groups -OCH3 is 1. The molecule has 1 N–H and O–H groups in total. The molecule has 2 rings (SSSR count). The van der Waals surface area contributed by atoms with Gasteiger partial charge in [-0.3, -0.25) is 0 Å². The molecule has 1 aromatic heterocycles. The van der Waals surface area contributed by atoms with Crippen molar-refractivity contribution in [3.63, 3.8) is 0 Å². The van der Waals surface area contributed by atoms with Crippen molar-refractivity contribution in [1.82, 2.24) is 5.32 Å². The van der Waals surface area contributed by atoms with Crippen LogP contribution in [-0.4, -0.2) is 19.7 Å². The summed E-state index contributed by atoms with van der Waals surface area (Å²) in [4.78, 5) is 0. The fraction of sp³-hybridized carbons (Fsp3) is 0.412. The molecule has 1 aromatic carbocycles. The van der Waals surface area contributed by atoms with Gasteiger partial charge in [0.2, 0.25) is 0 Å². The van der Waals surface area contributed by atoms with Crippen molar-refractivity contribution in [3.8, 4) is 5.75 Å². The van der Waals surface area contributed by atoms with Crippen molar-refractivity contribution in [2.75, 3.05) is 13.7 Å². The van der Waals surface area contributed by atoms with E-state index in [9.17, 15) is 0 Å². The standard InChI is InChI=1S/C17H23NO2/c1-3-18-16(12-15-10-11-20-13-15)7-4-14-5-8-17(19-2)9-6-14/h5-6,8-11,13,16,18H,3-4,7,12H2,1-2H3. The number of nitrogens with one attached hydrogen (secondary N) is 1. The van der Waals surface area contributed by atoms with Gasteiger partial charge in [-0.2, -0.15) is 0 Å². The zero-order valence-corrected chi connectivity index (χ0v) is 12.3. The molecule has 0 saturated heterocycles. The highest BCUT2D eigenvalue weighted by Gasteiger charge is 2.09. The van der Waals surface area contributed by atoms with E-state index in [1.807, 2.05) is 24.5 Å². The van der Waals surface area contributed by atoms with Crippen LogP contribution in [0.4, 0.5) is 0 Å². The summed E-state index contributed by atoms with van der Waals surface area (Å²) in [6.07, 6.45) is 6.77. The Hall–Kier alpha value is -1.74. The van der Waals surface area contributed by atoms with E-state index in [-0.39, 0.29) is 0 Å². The molecular formula is C17H23NO2. The second-order valence-corrected chi connectivity index (χ2v) is 4.98. The first-order chi connectivity index (χ1) is 9.81. The van der Waals surface area contributed by atoms with E-state index < -0.39 is 0 Å². The second-order valence-electron chi connectivity index (χ2n) is 4.98. The van der Waals surface area contributed by atoms with E-state index in [1.165, 1.54) is 11.1 Å². The van der Waals surface area contributed by atoms with Crippen molar-refractivity contribution in [2.24, 2.45) is 0 Å². The molecule has 0 spiro atoms. The van der Waals surface area contributed by atoms with Gasteiger partial charge < -0.3 is 14.5 Å². The van der Waals surface area contributed by atoms with Gasteiger partial charge in [0.05, 0.1) is 19.6 Å². The van der Waals surface area contributed by atoms with E-state index in [2.05, 4.69) is 24.4 Å². The van der Waals surface area contributed by atoms with Crippen LogP contribution >= 0.6 is 0 Å². The highest BCUT2D eigenvalue weighted by Crippen LogP contribution is 2.14. The Morgan fingerprint density at radius 3 is 2.55 bits per heavy atom. The van der Waals surface area contributed by atoms with Crippen LogP contribution in [0.25, 0.3) is 0 Å². The van der Waals surface area contributed by atoms with Gasteiger partial charge in [0, 0.05) is 6.04 Å². The Morgan fingerprint density at radius 2 is 1.95 bits per heavy atom. The number of rotatable bonds is 8.